The molecule has 3 rings (SSSR count). The SMILES string of the molecule is N#C/C(=C/c1ccc(OCc2cccc(F)c2)cc1)C(=O)NC1CCCC1. The molecule has 1 amide bonds. The fourth-order valence-electron chi connectivity index (χ4n) is 3.10. The Morgan fingerprint density at radius 2 is 1.96 bits per heavy atom. The highest BCUT2D eigenvalue weighted by Crippen LogP contribution is 2.19. The number of hydrogen-bond donors (Lipinski definition) is 1. The predicted octanol–water partition coefficient (Wildman–Crippen LogP) is 4.37. The van der Waals surface area contributed by atoms with Gasteiger partial charge in [0.1, 0.15) is 29.8 Å². The van der Waals surface area contributed by atoms with Crippen LogP contribution in [0.3, 0.4) is 0 Å². The second-order valence-corrected chi connectivity index (χ2v) is 6.61. The lowest BCUT2D eigenvalue weighted by Crippen LogP contribution is -2.33. The summed E-state index contributed by atoms with van der Waals surface area (Å²) in [6, 6.07) is 15.5. The van der Waals surface area contributed by atoms with E-state index in [9.17, 15) is 14.4 Å². The van der Waals surface area contributed by atoms with Gasteiger partial charge in [-0.3, -0.25) is 4.79 Å². The fraction of sp³-hybridized carbons (Fsp3) is 0.273. The Balaban J connectivity index is 1.60. The molecule has 0 spiro atoms. The van der Waals surface area contributed by atoms with Crippen LogP contribution in [0, 0.1) is 17.1 Å². The Hall–Kier alpha value is -3.13. The highest BCUT2D eigenvalue weighted by atomic mass is 19.1. The molecule has 1 saturated carbocycles. The van der Waals surface area contributed by atoms with Crippen LogP contribution in [0.2, 0.25) is 0 Å². The maximum absolute atomic E-state index is 13.2. The van der Waals surface area contributed by atoms with E-state index in [4.69, 9.17) is 4.74 Å². The molecule has 1 aliphatic rings. The van der Waals surface area contributed by atoms with Crippen molar-refractivity contribution >= 4 is 12.0 Å². The lowest BCUT2D eigenvalue weighted by atomic mass is 10.1. The average molecular weight is 364 g/mol. The van der Waals surface area contributed by atoms with Gasteiger partial charge in [-0.2, -0.15) is 5.26 Å². The van der Waals surface area contributed by atoms with E-state index in [1.54, 1.807) is 42.5 Å². The number of nitrogens with zero attached hydrogens (tertiary/aromatic N) is 1. The zero-order chi connectivity index (χ0) is 19.1. The zero-order valence-electron chi connectivity index (χ0n) is 15.0. The van der Waals surface area contributed by atoms with E-state index in [0.29, 0.717) is 5.75 Å². The molecule has 0 aromatic heterocycles. The van der Waals surface area contributed by atoms with Gasteiger partial charge in [0, 0.05) is 6.04 Å². The number of carbonyl (C=O) groups is 1. The smallest absolute Gasteiger partial charge is 0.262 e. The summed E-state index contributed by atoms with van der Waals surface area (Å²) in [6.45, 7) is 0.264. The van der Waals surface area contributed by atoms with Crippen LogP contribution in [0.5, 0.6) is 5.75 Å². The minimum atomic E-state index is -0.323. The van der Waals surface area contributed by atoms with Crippen LogP contribution in [-0.2, 0) is 11.4 Å². The minimum absolute atomic E-state index is 0.0929. The first-order chi connectivity index (χ1) is 13.1. The van der Waals surface area contributed by atoms with Gasteiger partial charge in [-0.1, -0.05) is 37.1 Å². The van der Waals surface area contributed by atoms with E-state index in [1.807, 2.05) is 6.07 Å². The van der Waals surface area contributed by atoms with E-state index in [2.05, 4.69) is 5.32 Å². The Morgan fingerprint density at radius 1 is 1.22 bits per heavy atom. The van der Waals surface area contributed by atoms with Crippen molar-refractivity contribution in [1.82, 2.24) is 5.32 Å². The number of carbonyl (C=O) groups excluding carboxylic acids is 1. The number of ether oxygens (including phenoxy) is 1. The van der Waals surface area contributed by atoms with Gasteiger partial charge in [0.25, 0.3) is 5.91 Å². The molecule has 0 aliphatic heterocycles. The molecule has 5 heteroatoms. The Kier molecular flexibility index (Phi) is 6.22. The summed E-state index contributed by atoms with van der Waals surface area (Å²) in [4.78, 5) is 12.2. The first-order valence-electron chi connectivity index (χ1n) is 9.04. The molecule has 2 aromatic rings. The second kappa shape index (κ2) is 9.00. The van der Waals surface area contributed by atoms with Crippen LogP contribution in [-0.4, -0.2) is 11.9 Å². The third kappa shape index (κ3) is 5.42. The predicted molar refractivity (Wildman–Crippen MR) is 101 cm³/mol. The molecule has 1 aliphatic carbocycles. The molecule has 0 heterocycles. The topological polar surface area (TPSA) is 62.1 Å². The number of hydrogen-bond acceptors (Lipinski definition) is 3. The summed E-state index contributed by atoms with van der Waals surface area (Å²) in [5, 5.41) is 12.2. The lowest BCUT2D eigenvalue weighted by Gasteiger charge is -2.11. The van der Waals surface area contributed by atoms with Crippen molar-refractivity contribution in [3.63, 3.8) is 0 Å². The summed E-state index contributed by atoms with van der Waals surface area (Å²) in [7, 11) is 0. The summed E-state index contributed by atoms with van der Waals surface area (Å²) in [5.41, 5.74) is 1.58. The van der Waals surface area contributed by atoms with Crippen molar-refractivity contribution in [2.24, 2.45) is 0 Å². The number of rotatable bonds is 6. The molecule has 138 valence electrons. The quantitative estimate of drug-likeness (QED) is 0.611. The van der Waals surface area contributed by atoms with E-state index in [1.165, 1.54) is 12.1 Å². The van der Waals surface area contributed by atoms with Crippen LogP contribution in [0.4, 0.5) is 4.39 Å². The van der Waals surface area contributed by atoms with Crippen LogP contribution in [0.15, 0.2) is 54.1 Å². The lowest BCUT2D eigenvalue weighted by molar-refractivity contribution is -0.117. The molecule has 1 N–H and O–H groups in total. The highest BCUT2D eigenvalue weighted by Gasteiger charge is 2.19. The van der Waals surface area contributed by atoms with Crippen molar-refractivity contribution < 1.29 is 13.9 Å². The van der Waals surface area contributed by atoms with Gasteiger partial charge < -0.3 is 10.1 Å². The molecule has 0 radical (unpaired) electrons. The Bertz CT molecular complexity index is 863. The number of nitrogens with one attached hydrogen (secondary N) is 1. The van der Waals surface area contributed by atoms with Gasteiger partial charge in [-0.05, 0) is 54.3 Å². The van der Waals surface area contributed by atoms with Crippen molar-refractivity contribution in [2.75, 3.05) is 0 Å². The van der Waals surface area contributed by atoms with Gasteiger partial charge in [0.2, 0.25) is 0 Å². The van der Waals surface area contributed by atoms with Crippen molar-refractivity contribution in [1.29, 1.82) is 5.26 Å². The Labute approximate surface area is 158 Å². The van der Waals surface area contributed by atoms with Gasteiger partial charge in [-0.25, -0.2) is 4.39 Å². The summed E-state index contributed by atoms with van der Waals surface area (Å²) < 4.78 is 18.8. The van der Waals surface area contributed by atoms with E-state index >= 15 is 0 Å². The fourth-order valence-corrected chi connectivity index (χ4v) is 3.10. The number of benzene rings is 2. The minimum Gasteiger partial charge on any atom is -0.489 e. The van der Waals surface area contributed by atoms with Crippen LogP contribution < -0.4 is 10.1 Å². The van der Waals surface area contributed by atoms with Crippen LogP contribution in [0.25, 0.3) is 6.08 Å². The third-order valence-electron chi connectivity index (χ3n) is 4.54. The standard InChI is InChI=1S/C22H21FN2O2/c23-19-5-3-4-17(13-19)15-27-21-10-8-16(9-11-21)12-18(14-24)22(26)25-20-6-1-2-7-20/h3-5,8-13,20H,1-2,6-7,15H2,(H,25,26)/b18-12-. The van der Waals surface area contributed by atoms with E-state index in [-0.39, 0.29) is 29.9 Å². The normalized spacial score (nSPS) is 14.6. The molecule has 0 unspecified atom stereocenters. The number of halogens is 1. The zero-order valence-corrected chi connectivity index (χ0v) is 15.0. The molecule has 2 aromatic carbocycles. The molecule has 0 atom stereocenters. The molecule has 27 heavy (non-hydrogen) atoms. The van der Waals surface area contributed by atoms with Gasteiger partial charge in [-0.15, -0.1) is 0 Å². The maximum Gasteiger partial charge on any atom is 0.262 e. The number of nitriles is 1. The Morgan fingerprint density at radius 3 is 2.63 bits per heavy atom. The maximum atomic E-state index is 13.2. The van der Waals surface area contributed by atoms with Gasteiger partial charge in [0.15, 0.2) is 0 Å². The van der Waals surface area contributed by atoms with E-state index in [0.717, 1.165) is 36.8 Å². The monoisotopic (exact) mass is 364 g/mol. The molecular formula is C22H21FN2O2. The van der Waals surface area contributed by atoms with Crippen LogP contribution >= 0.6 is 0 Å². The van der Waals surface area contributed by atoms with Gasteiger partial charge in [0.05, 0.1) is 0 Å². The molecule has 4 nitrogen and oxygen atoms in total. The third-order valence-corrected chi connectivity index (χ3v) is 4.54. The molecule has 0 saturated heterocycles. The van der Waals surface area contributed by atoms with E-state index < -0.39 is 0 Å². The second-order valence-electron chi connectivity index (χ2n) is 6.61. The van der Waals surface area contributed by atoms with Crippen molar-refractivity contribution in [2.45, 2.75) is 38.3 Å². The molecular weight excluding hydrogens is 343 g/mol. The average Bonchev–Trinajstić information content (AvgIpc) is 3.18. The highest BCUT2D eigenvalue weighted by molar-refractivity contribution is 6.01. The number of amides is 1. The molecule has 1 fully saturated rings. The first kappa shape index (κ1) is 18.7. The van der Waals surface area contributed by atoms with Crippen molar-refractivity contribution in [3.8, 4) is 11.8 Å². The molecule has 0 bridgehead atoms. The summed E-state index contributed by atoms with van der Waals surface area (Å²) in [6.07, 6.45) is 5.76. The van der Waals surface area contributed by atoms with Gasteiger partial charge >= 0.3 is 0 Å². The first-order valence-corrected chi connectivity index (χ1v) is 9.04. The van der Waals surface area contributed by atoms with Crippen molar-refractivity contribution in [3.05, 3.63) is 71.0 Å². The van der Waals surface area contributed by atoms with Crippen LogP contribution in [0.1, 0.15) is 36.8 Å². The summed E-state index contributed by atoms with van der Waals surface area (Å²) >= 11 is 0. The largest absolute Gasteiger partial charge is 0.489 e. The summed E-state index contributed by atoms with van der Waals surface area (Å²) in [5.74, 6) is 0.0117.